The first-order valence-electron chi connectivity index (χ1n) is 10.4. The number of amides is 3. The summed E-state index contributed by atoms with van der Waals surface area (Å²) in [6.07, 6.45) is 1.36. The van der Waals surface area contributed by atoms with Crippen LogP contribution in [0.4, 0.5) is 20.8 Å². The molecule has 0 spiro atoms. The molecule has 0 bridgehead atoms. The summed E-state index contributed by atoms with van der Waals surface area (Å²) >= 11 is 0. The Labute approximate surface area is 188 Å². The van der Waals surface area contributed by atoms with Gasteiger partial charge in [0.15, 0.2) is 6.10 Å². The Kier molecular flexibility index (Phi) is 6.36. The molecule has 0 saturated carbocycles. The van der Waals surface area contributed by atoms with Crippen molar-refractivity contribution >= 4 is 29.5 Å². The standard InChI is InChI=1S/C21H23FN6O5/c1-23-19(31)17-11-28(21(32)33-17)14-2-3-15(16(22)8-14)13-9-24-20(25-10-13)27-6-4-26(5-7-27)18(30)12-29/h2-3,8-10,17,29H,4-7,11-12H2,1H3,(H,23,31)/t17-/m1/s1. The van der Waals surface area contributed by atoms with Gasteiger partial charge in [0.1, 0.15) is 12.4 Å². The maximum absolute atomic E-state index is 14.9. The van der Waals surface area contributed by atoms with E-state index in [1.165, 1.54) is 36.5 Å². The lowest BCUT2D eigenvalue weighted by atomic mass is 10.1. The molecule has 0 radical (unpaired) electrons. The van der Waals surface area contributed by atoms with E-state index in [2.05, 4.69) is 15.3 Å². The summed E-state index contributed by atoms with van der Waals surface area (Å²) in [4.78, 5) is 48.7. The van der Waals surface area contributed by atoms with Gasteiger partial charge in [-0.15, -0.1) is 0 Å². The highest BCUT2D eigenvalue weighted by Crippen LogP contribution is 2.29. The number of halogens is 1. The summed E-state index contributed by atoms with van der Waals surface area (Å²) in [6.45, 7) is 1.45. The third-order valence-electron chi connectivity index (χ3n) is 5.61. The molecule has 33 heavy (non-hydrogen) atoms. The topological polar surface area (TPSA) is 128 Å². The van der Waals surface area contributed by atoms with Crippen LogP contribution in [0, 0.1) is 5.82 Å². The maximum atomic E-state index is 14.9. The summed E-state index contributed by atoms with van der Waals surface area (Å²) in [5.41, 5.74) is 1.00. The SMILES string of the molecule is CNC(=O)[C@H]1CN(c2ccc(-c3cnc(N4CCN(C(=O)CO)CC4)nc3)c(F)c2)C(=O)O1. The lowest BCUT2D eigenvalue weighted by Gasteiger charge is -2.34. The van der Waals surface area contributed by atoms with Gasteiger partial charge in [0.05, 0.1) is 12.2 Å². The molecule has 2 aromatic rings. The van der Waals surface area contributed by atoms with Crippen molar-refractivity contribution in [2.75, 3.05) is 56.2 Å². The number of hydrogen-bond donors (Lipinski definition) is 2. The minimum absolute atomic E-state index is 0.00767. The molecule has 174 valence electrons. The summed E-state index contributed by atoms with van der Waals surface area (Å²) in [6, 6.07) is 4.29. The molecule has 2 aliphatic heterocycles. The fraction of sp³-hybridized carbons (Fsp3) is 0.381. The normalized spacial score (nSPS) is 18.3. The monoisotopic (exact) mass is 458 g/mol. The average molecular weight is 458 g/mol. The van der Waals surface area contributed by atoms with Gasteiger partial charge in [-0.05, 0) is 18.2 Å². The van der Waals surface area contributed by atoms with Gasteiger partial charge in [-0.1, -0.05) is 0 Å². The van der Waals surface area contributed by atoms with E-state index in [4.69, 9.17) is 9.84 Å². The summed E-state index contributed by atoms with van der Waals surface area (Å²) in [7, 11) is 1.44. The number of likely N-dealkylation sites (N-methyl/N-ethyl adjacent to an activating group) is 1. The first-order chi connectivity index (χ1) is 15.9. The Bertz CT molecular complexity index is 1060. The van der Waals surface area contributed by atoms with Gasteiger partial charge in [0.25, 0.3) is 5.91 Å². The second-order valence-electron chi connectivity index (χ2n) is 7.56. The van der Waals surface area contributed by atoms with Gasteiger partial charge < -0.3 is 25.0 Å². The molecule has 0 aliphatic carbocycles. The highest BCUT2D eigenvalue weighted by atomic mass is 19.1. The maximum Gasteiger partial charge on any atom is 0.415 e. The molecular weight excluding hydrogens is 435 g/mol. The van der Waals surface area contributed by atoms with E-state index in [-0.39, 0.29) is 23.7 Å². The van der Waals surface area contributed by atoms with Gasteiger partial charge >= 0.3 is 6.09 Å². The van der Waals surface area contributed by atoms with Crippen molar-refractivity contribution in [2.24, 2.45) is 0 Å². The molecule has 2 aliphatic rings. The minimum atomic E-state index is -0.949. The van der Waals surface area contributed by atoms with Gasteiger partial charge in [-0.3, -0.25) is 14.5 Å². The fourth-order valence-corrected chi connectivity index (χ4v) is 3.76. The van der Waals surface area contributed by atoms with E-state index in [0.29, 0.717) is 37.7 Å². The number of benzene rings is 1. The zero-order valence-corrected chi connectivity index (χ0v) is 17.9. The number of aliphatic hydroxyl groups is 1. The zero-order chi connectivity index (χ0) is 23.5. The van der Waals surface area contributed by atoms with Crippen LogP contribution < -0.4 is 15.1 Å². The fourth-order valence-electron chi connectivity index (χ4n) is 3.76. The number of ether oxygens (including phenoxy) is 1. The van der Waals surface area contributed by atoms with Crippen LogP contribution in [-0.2, 0) is 14.3 Å². The van der Waals surface area contributed by atoms with Crippen LogP contribution in [0.25, 0.3) is 11.1 Å². The van der Waals surface area contributed by atoms with Gasteiger partial charge in [0.2, 0.25) is 11.9 Å². The van der Waals surface area contributed by atoms with E-state index < -0.39 is 30.5 Å². The zero-order valence-electron chi connectivity index (χ0n) is 17.9. The molecule has 0 unspecified atom stereocenters. The largest absolute Gasteiger partial charge is 0.434 e. The molecule has 3 amide bonds. The molecule has 3 heterocycles. The van der Waals surface area contributed by atoms with Crippen LogP contribution in [0.15, 0.2) is 30.6 Å². The Hall–Kier alpha value is -3.80. The number of rotatable bonds is 5. The van der Waals surface area contributed by atoms with E-state index in [1.807, 2.05) is 4.90 Å². The van der Waals surface area contributed by atoms with Crippen molar-refractivity contribution in [3.63, 3.8) is 0 Å². The molecule has 4 rings (SSSR count). The highest BCUT2D eigenvalue weighted by molar-refractivity contribution is 5.95. The van der Waals surface area contributed by atoms with Crippen LogP contribution in [-0.4, -0.2) is 90.4 Å². The molecule has 11 nitrogen and oxygen atoms in total. The number of carbonyl (C=O) groups is 3. The van der Waals surface area contributed by atoms with Crippen molar-refractivity contribution in [1.82, 2.24) is 20.2 Å². The van der Waals surface area contributed by atoms with Crippen molar-refractivity contribution in [3.8, 4) is 11.1 Å². The molecule has 2 saturated heterocycles. The highest BCUT2D eigenvalue weighted by Gasteiger charge is 2.36. The second kappa shape index (κ2) is 9.36. The summed E-state index contributed by atoms with van der Waals surface area (Å²) in [5.74, 6) is -0.846. The number of nitrogens with one attached hydrogen (secondary N) is 1. The lowest BCUT2D eigenvalue weighted by Crippen LogP contribution is -2.50. The smallest absolute Gasteiger partial charge is 0.415 e. The first-order valence-corrected chi connectivity index (χ1v) is 10.4. The number of hydrogen-bond acceptors (Lipinski definition) is 8. The number of aliphatic hydroxyl groups excluding tert-OH is 1. The molecule has 1 aromatic heterocycles. The number of piperazine rings is 1. The van der Waals surface area contributed by atoms with E-state index >= 15 is 0 Å². The van der Waals surface area contributed by atoms with E-state index in [1.54, 1.807) is 11.0 Å². The molecular formula is C21H23FN6O5. The second-order valence-corrected chi connectivity index (χ2v) is 7.56. The number of anilines is 2. The minimum Gasteiger partial charge on any atom is -0.434 e. The Morgan fingerprint density at radius 2 is 1.91 bits per heavy atom. The number of aromatic nitrogens is 2. The van der Waals surface area contributed by atoms with Crippen LogP contribution >= 0.6 is 0 Å². The van der Waals surface area contributed by atoms with Crippen molar-refractivity contribution in [1.29, 1.82) is 0 Å². The lowest BCUT2D eigenvalue weighted by molar-refractivity contribution is -0.134. The quantitative estimate of drug-likeness (QED) is 0.641. The van der Waals surface area contributed by atoms with Gasteiger partial charge in [0, 0.05) is 56.7 Å². The first kappa shape index (κ1) is 22.4. The Morgan fingerprint density at radius 1 is 1.21 bits per heavy atom. The van der Waals surface area contributed by atoms with Gasteiger partial charge in [-0.25, -0.2) is 19.2 Å². The van der Waals surface area contributed by atoms with Crippen molar-refractivity contribution in [2.45, 2.75) is 6.10 Å². The summed E-state index contributed by atoms with van der Waals surface area (Å²) < 4.78 is 19.9. The number of cyclic esters (lactones) is 1. The number of carbonyl (C=O) groups excluding carboxylic acids is 3. The van der Waals surface area contributed by atoms with Crippen LogP contribution in [0.1, 0.15) is 0 Å². The van der Waals surface area contributed by atoms with Crippen LogP contribution in [0.3, 0.4) is 0 Å². The molecule has 2 N–H and O–H groups in total. The summed E-state index contributed by atoms with van der Waals surface area (Å²) in [5, 5.41) is 11.4. The predicted molar refractivity (Wildman–Crippen MR) is 115 cm³/mol. The molecule has 1 aromatic carbocycles. The van der Waals surface area contributed by atoms with E-state index in [0.717, 1.165) is 0 Å². The molecule has 2 fully saturated rings. The van der Waals surface area contributed by atoms with E-state index in [9.17, 15) is 18.8 Å². The molecule has 1 atom stereocenters. The van der Waals surface area contributed by atoms with Crippen LogP contribution in [0.2, 0.25) is 0 Å². The van der Waals surface area contributed by atoms with Crippen LogP contribution in [0.5, 0.6) is 0 Å². The van der Waals surface area contributed by atoms with Gasteiger partial charge in [-0.2, -0.15) is 0 Å². The predicted octanol–water partition coefficient (Wildman–Crippen LogP) is -0.00520. The molecule has 12 heteroatoms. The average Bonchev–Trinajstić information content (AvgIpc) is 3.24. The number of nitrogens with zero attached hydrogens (tertiary/aromatic N) is 5. The Balaban J connectivity index is 1.44. The van der Waals surface area contributed by atoms with Crippen molar-refractivity contribution < 1.29 is 28.6 Å². The van der Waals surface area contributed by atoms with Crippen molar-refractivity contribution in [3.05, 3.63) is 36.4 Å². The third kappa shape index (κ3) is 4.55. The third-order valence-corrected chi connectivity index (χ3v) is 5.61. The Morgan fingerprint density at radius 3 is 2.52 bits per heavy atom.